The highest BCUT2D eigenvalue weighted by Crippen LogP contribution is 2.33. The van der Waals surface area contributed by atoms with Crippen LogP contribution in [0.4, 0.5) is 18.9 Å². The van der Waals surface area contributed by atoms with E-state index in [4.69, 9.17) is 4.42 Å². The largest absolute Gasteiger partial charge is 0.459 e. The number of carbonyl (C=O) groups excluding carboxylic acids is 2. The number of amides is 2. The van der Waals surface area contributed by atoms with Gasteiger partial charge in [-0.05, 0) is 35.4 Å². The number of alkyl halides is 3. The Balaban J connectivity index is 1.66. The summed E-state index contributed by atoms with van der Waals surface area (Å²) in [6.45, 7) is -0.0142. The average molecular weight is 414 g/mol. The van der Waals surface area contributed by atoms with Gasteiger partial charge in [0.25, 0.3) is 5.91 Å². The van der Waals surface area contributed by atoms with Crippen molar-refractivity contribution in [1.82, 2.24) is 5.32 Å². The molecule has 0 bridgehead atoms. The SMILES string of the molecule is O=C(/C=C(\c1ccccc1)C(F)(F)F)NCc1cccc(NC(=O)c2ccco2)c1. The van der Waals surface area contributed by atoms with Crippen LogP contribution in [0.1, 0.15) is 21.7 Å². The maximum atomic E-state index is 13.3. The predicted octanol–water partition coefficient (Wildman–Crippen LogP) is 4.79. The molecule has 154 valence electrons. The van der Waals surface area contributed by atoms with Crippen LogP contribution in [0.2, 0.25) is 0 Å². The molecule has 0 saturated carbocycles. The number of rotatable bonds is 6. The molecule has 0 saturated heterocycles. The van der Waals surface area contributed by atoms with Crippen LogP contribution >= 0.6 is 0 Å². The summed E-state index contributed by atoms with van der Waals surface area (Å²) in [6, 6.07) is 16.8. The third-order valence-electron chi connectivity index (χ3n) is 4.06. The summed E-state index contributed by atoms with van der Waals surface area (Å²) >= 11 is 0. The summed E-state index contributed by atoms with van der Waals surface area (Å²) in [5.41, 5.74) is -0.0657. The van der Waals surface area contributed by atoms with E-state index in [9.17, 15) is 22.8 Å². The molecule has 3 rings (SSSR count). The van der Waals surface area contributed by atoms with E-state index in [0.717, 1.165) is 0 Å². The van der Waals surface area contributed by atoms with Crippen molar-refractivity contribution in [3.05, 3.63) is 96.0 Å². The number of nitrogens with one attached hydrogen (secondary N) is 2. The first kappa shape index (κ1) is 20.9. The Kier molecular flexibility index (Phi) is 6.36. The van der Waals surface area contributed by atoms with E-state index >= 15 is 0 Å². The zero-order chi connectivity index (χ0) is 21.6. The fourth-order valence-corrected chi connectivity index (χ4v) is 2.68. The molecule has 2 amide bonds. The third-order valence-corrected chi connectivity index (χ3v) is 4.06. The van der Waals surface area contributed by atoms with Gasteiger partial charge in [0.15, 0.2) is 5.76 Å². The van der Waals surface area contributed by atoms with E-state index in [0.29, 0.717) is 17.3 Å². The van der Waals surface area contributed by atoms with Crippen molar-refractivity contribution in [1.29, 1.82) is 0 Å². The molecule has 0 atom stereocenters. The summed E-state index contributed by atoms with van der Waals surface area (Å²) in [7, 11) is 0. The summed E-state index contributed by atoms with van der Waals surface area (Å²) < 4.78 is 45.0. The Labute approximate surface area is 170 Å². The van der Waals surface area contributed by atoms with E-state index in [1.165, 1.54) is 36.6 Å². The van der Waals surface area contributed by atoms with Gasteiger partial charge in [0.2, 0.25) is 5.91 Å². The van der Waals surface area contributed by atoms with Crippen LogP contribution in [-0.2, 0) is 11.3 Å². The van der Waals surface area contributed by atoms with Gasteiger partial charge < -0.3 is 15.1 Å². The van der Waals surface area contributed by atoms with Gasteiger partial charge in [0.05, 0.1) is 11.8 Å². The molecule has 0 aliphatic heterocycles. The summed E-state index contributed by atoms with van der Waals surface area (Å²) in [6.07, 6.45) is -2.76. The van der Waals surface area contributed by atoms with E-state index in [2.05, 4.69) is 10.6 Å². The lowest BCUT2D eigenvalue weighted by molar-refractivity contribution is -0.117. The van der Waals surface area contributed by atoms with E-state index < -0.39 is 23.6 Å². The number of hydrogen-bond donors (Lipinski definition) is 2. The van der Waals surface area contributed by atoms with E-state index in [-0.39, 0.29) is 17.9 Å². The molecule has 0 spiro atoms. The number of anilines is 1. The zero-order valence-electron chi connectivity index (χ0n) is 15.6. The second kappa shape index (κ2) is 9.13. The van der Waals surface area contributed by atoms with Gasteiger partial charge in [-0.1, -0.05) is 42.5 Å². The van der Waals surface area contributed by atoms with Crippen molar-refractivity contribution in [2.45, 2.75) is 12.7 Å². The molecule has 1 aromatic heterocycles. The molecule has 8 heteroatoms. The minimum absolute atomic E-state index is 0.0142. The van der Waals surface area contributed by atoms with Gasteiger partial charge in [0.1, 0.15) is 0 Å². The first-order valence-corrected chi connectivity index (χ1v) is 8.89. The zero-order valence-corrected chi connectivity index (χ0v) is 15.6. The van der Waals surface area contributed by atoms with Crippen LogP contribution < -0.4 is 10.6 Å². The molecule has 0 radical (unpaired) electrons. The van der Waals surface area contributed by atoms with Gasteiger partial charge in [-0.3, -0.25) is 9.59 Å². The predicted molar refractivity (Wildman–Crippen MR) is 105 cm³/mol. The number of halogens is 3. The normalized spacial score (nSPS) is 11.8. The van der Waals surface area contributed by atoms with Crippen molar-refractivity contribution in [3.8, 4) is 0 Å². The van der Waals surface area contributed by atoms with Crippen molar-refractivity contribution in [2.75, 3.05) is 5.32 Å². The first-order chi connectivity index (χ1) is 14.3. The standard InChI is InChI=1S/C22H17F3N2O3/c23-22(24,25)18(16-7-2-1-3-8-16)13-20(28)26-14-15-6-4-9-17(12-15)27-21(29)19-10-5-11-30-19/h1-13H,14H2,(H,26,28)(H,27,29)/b18-13+. The molecule has 0 aliphatic rings. The third kappa shape index (κ3) is 5.60. The molecule has 0 fully saturated rings. The highest BCUT2D eigenvalue weighted by atomic mass is 19.4. The maximum absolute atomic E-state index is 13.3. The van der Waals surface area contributed by atoms with Crippen LogP contribution in [0.5, 0.6) is 0 Å². The smallest absolute Gasteiger partial charge is 0.417 e. The molecular weight excluding hydrogens is 397 g/mol. The quantitative estimate of drug-likeness (QED) is 0.570. The molecule has 1 heterocycles. The molecule has 30 heavy (non-hydrogen) atoms. The number of allylic oxidation sites excluding steroid dienone is 1. The second-order valence-electron chi connectivity index (χ2n) is 6.27. The van der Waals surface area contributed by atoms with E-state index in [1.54, 1.807) is 36.4 Å². The van der Waals surface area contributed by atoms with Crippen molar-refractivity contribution in [2.24, 2.45) is 0 Å². The summed E-state index contributed by atoms with van der Waals surface area (Å²) in [5.74, 6) is -1.18. The van der Waals surface area contributed by atoms with Crippen LogP contribution in [0.3, 0.4) is 0 Å². The Morgan fingerprint density at radius 3 is 2.40 bits per heavy atom. The molecule has 5 nitrogen and oxygen atoms in total. The van der Waals surface area contributed by atoms with Crippen molar-refractivity contribution >= 4 is 23.1 Å². The number of benzene rings is 2. The van der Waals surface area contributed by atoms with Crippen LogP contribution in [0.25, 0.3) is 5.57 Å². The first-order valence-electron chi connectivity index (χ1n) is 8.89. The van der Waals surface area contributed by atoms with Crippen molar-refractivity contribution < 1.29 is 27.2 Å². The molecule has 2 N–H and O–H groups in total. The van der Waals surface area contributed by atoms with Crippen LogP contribution in [0, 0.1) is 0 Å². The lowest BCUT2D eigenvalue weighted by Gasteiger charge is -2.12. The molecule has 3 aromatic rings. The van der Waals surface area contributed by atoms with Gasteiger partial charge in [-0.15, -0.1) is 0 Å². The lowest BCUT2D eigenvalue weighted by atomic mass is 10.1. The van der Waals surface area contributed by atoms with Crippen molar-refractivity contribution in [3.63, 3.8) is 0 Å². The number of carbonyl (C=O) groups is 2. The van der Waals surface area contributed by atoms with Crippen LogP contribution in [0.15, 0.2) is 83.5 Å². The van der Waals surface area contributed by atoms with Gasteiger partial charge in [-0.2, -0.15) is 13.2 Å². The highest BCUT2D eigenvalue weighted by molar-refractivity contribution is 6.02. The average Bonchev–Trinajstić information content (AvgIpc) is 3.26. The Morgan fingerprint density at radius 2 is 1.73 bits per heavy atom. The Hall–Kier alpha value is -3.81. The highest BCUT2D eigenvalue weighted by Gasteiger charge is 2.35. The lowest BCUT2D eigenvalue weighted by Crippen LogP contribution is -2.23. The molecule has 0 unspecified atom stereocenters. The fraction of sp³-hybridized carbons (Fsp3) is 0.0909. The summed E-state index contributed by atoms with van der Waals surface area (Å²) in [4.78, 5) is 24.1. The molecule has 0 aliphatic carbocycles. The summed E-state index contributed by atoms with van der Waals surface area (Å²) in [5, 5.41) is 5.07. The van der Waals surface area contributed by atoms with Gasteiger partial charge >= 0.3 is 6.18 Å². The number of furan rings is 1. The molecular formula is C22H17F3N2O3. The van der Waals surface area contributed by atoms with Crippen LogP contribution in [-0.4, -0.2) is 18.0 Å². The van der Waals surface area contributed by atoms with Gasteiger partial charge in [-0.25, -0.2) is 0 Å². The topological polar surface area (TPSA) is 71.3 Å². The van der Waals surface area contributed by atoms with Gasteiger partial charge in [0, 0.05) is 18.3 Å². The van der Waals surface area contributed by atoms with E-state index in [1.807, 2.05) is 0 Å². The Morgan fingerprint density at radius 1 is 0.967 bits per heavy atom. The molecule has 2 aromatic carbocycles. The Bertz CT molecular complexity index is 1040. The second-order valence-corrected chi connectivity index (χ2v) is 6.27. The number of hydrogen-bond acceptors (Lipinski definition) is 3. The maximum Gasteiger partial charge on any atom is 0.417 e. The minimum atomic E-state index is -4.67. The monoisotopic (exact) mass is 414 g/mol. The minimum Gasteiger partial charge on any atom is -0.459 e. The fourth-order valence-electron chi connectivity index (χ4n) is 2.68.